The third-order valence-corrected chi connectivity index (χ3v) is 7.77. The fraction of sp³-hybridized carbons (Fsp3) is 0.300. The van der Waals surface area contributed by atoms with Gasteiger partial charge in [-0.2, -0.15) is 22.6 Å². The topological polar surface area (TPSA) is 77.3 Å². The van der Waals surface area contributed by atoms with Crippen molar-refractivity contribution in [3.05, 3.63) is 76.3 Å². The molecule has 3 aromatic rings. The van der Waals surface area contributed by atoms with Crippen LogP contribution < -0.4 is 0 Å². The summed E-state index contributed by atoms with van der Waals surface area (Å²) in [6.07, 6.45) is -2.75. The van der Waals surface area contributed by atoms with Crippen LogP contribution in [0.2, 0.25) is 10.0 Å². The van der Waals surface area contributed by atoms with Crippen LogP contribution in [0.3, 0.4) is 0 Å². The molecule has 2 heterocycles. The smallest absolute Gasteiger partial charge is 0.348 e. The van der Waals surface area contributed by atoms with Crippen molar-refractivity contribution in [3.8, 4) is 0 Å². The zero-order valence-corrected chi connectivity index (χ0v) is 19.3. The minimum Gasteiger partial charge on any atom is -0.348 e. The highest BCUT2D eigenvalue weighted by Gasteiger charge is 2.51. The summed E-state index contributed by atoms with van der Waals surface area (Å²) in [7, 11) is -4.20. The third kappa shape index (κ3) is 4.60. The van der Waals surface area contributed by atoms with Crippen molar-refractivity contribution in [3.63, 3.8) is 0 Å². The Hall–Kier alpha value is -2.18. The molecular weight excluding hydrogens is 504 g/mol. The predicted molar refractivity (Wildman–Crippen MR) is 114 cm³/mol. The van der Waals surface area contributed by atoms with Crippen molar-refractivity contribution >= 4 is 33.2 Å². The maximum atomic E-state index is 13.3. The van der Waals surface area contributed by atoms with E-state index >= 15 is 0 Å². The zero-order valence-electron chi connectivity index (χ0n) is 17.0. The molecule has 2 aromatic carbocycles. The largest absolute Gasteiger partial charge is 0.416 e. The van der Waals surface area contributed by atoms with E-state index in [2.05, 4.69) is 10.1 Å². The molecule has 0 saturated carbocycles. The first kappa shape index (κ1) is 24.0. The molecule has 0 amide bonds. The van der Waals surface area contributed by atoms with Crippen LogP contribution in [-0.2, 0) is 33.1 Å². The molecule has 0 bridgehead atoms. The number of sulfonamides is 1. The van der Waals surface area contributed by atoms with E-state index in [0.29, 0.717) is 10.6 Å². The summed E-state index contributed by atoms with van der Waals surface area (Å²) < 4.78 is 74.1. The lowest BCUT2D eigenvalue weighted by Gasteiger charge is -2.29. The molecule has 1 saturated heterocycles. The molecule has 4 rings (SSSR count). The van der Waals surface area contributed by atoms with Crippen LogP contribution in [0, 0.1) is 0 Å². The van der Waals surface area contributed by atoms with Gasteiger partial charge in [-0.1, -0.05) is 29.3 Å². The number of ether oxygens (including phenoxy) is 1. The maximum Gasteiger partial charge on any atom is 0.416 e. The van der Waals surface area contributed by atoms with Gasteiger partial charge in [0.05, 0.1) is 23.5 Å². The summed E-state index contributed by atoms with van der Waals surface area (Å²) in [4.78, 5) is 3.62. The van der Waals surface area contributed by atoms with Crippen LogP contribution in [0.4, 0.5) is 13.2 Å². The Morgan fingerprint density at radius 1 is 1.18 bits per heavy atom. The van der Waals surface area contributed by atoms with Crippen LogP contribution in [0.5, 0.6) is 0 Å². The van der Waals surface area contributed by atoms with Crippen LogP contribution in [0.15, 0.2) is 60.0 Å². The molecule has 0 aliphatic carbocycles. The SMILES string of the molecule is CC1OC(Cn2cncn2)(c2ccc(Cl)cc2Cl)CN1S(=O)(=O)c1ccc(C(F)(F)F)cc1. The Morgan fingerprint density at radius 2 is 1.88 bits per heavy atom. The number of aromatic nitrogens is 3. The maximum absolute atomic E-state index is 13.3. The van der Waals surface area contributed by atoms with Gasteiger partial charge in [0.15, 0.2) is 0 Å². The number of alkyl halides is 3. The molecule has 176 valence electrons. The van der Waals surface area contributed by atoms with E-state index in [4.69, 9.17) is 27.9 Å². The molecule has 1 aliphatic heterocycles. The van der Waals surface area contributed by atoms with Gasteiger partial charge in [0.25, 0.3) is 0 Å². The number of hydrogen-bond acceptors (Lipinski definition) is 5. The first-order valence-electron chi connectivity index (χ1n) is 9.57. The van der Waals surface area contributed by atoms with Gasteiger partial charge in [-0.25, -0.2) is 18.1 Å². The fourth-order valence-electron chi connectivity index (χ4n) is 3.79. The van der Waals surface area contributed by atoms with Crippen LogP contribution in [-0.4, -0.2) is 40.3 Å². The molecule has 13 heteroatoms. The second-order valence-corrected chi connectivity index (χ2v) is 10.2. The lowest BCUT2D eigenvalue weighted by atomic mass is 9.94. The summed E-state index contributed by atoms with van der Waals surface area (Å²) in [6.45, 7) is 1.45. The first-order valence-corrected chi connectivity index (χ1v) is 11.8. The molecule has 2 atom stereocenters. The highest BCUT2D eigenvalue weighted by molar-refractivity contribution is 7.89. The van der Waals surface area contributed by atoms with Crippen molar-refractivity contribution in [2.45, 2.75) is 36.4 Å². The second-order valence-electron chi connectivity index (χ2n) is 7.50. The van der Waals surface area contributed by atoms with Gasteiger partial charge >= 0.3 is 6.18 Å². The Labute approximate surface area is 197 Å². The van der Waals surface area contributed by atoms with Gasteiger partial charge in [-0.15, -0.1) is 0 Å². The molecule has 33 heavy (non-hydrogen) atoms. The first-order chi connectivity index (χ1) is 15.4. The van der Waals surface area contributed by atoms with Gasteiger partial charge in [0.1, 0.15) is 24.5 Å². The van der Waals surface area contributed by atoms with E-state index in [9.17, 15) is 21.6 Å². The van der Waals surface area contributed by atoms with Crippen molar-refractivity contribution in [2.24, 2.45) is 0 Å². The highest BCUT2D eigenvalue weighted by atomic mass is 35.5. The van der Waals surface area contributed by atoms with Crippen molar-refractivity contribution in [2.75, 3.05) is 6.54 Å². The van der Waals surface area contributed by atoms with Gasteiger partial charge in [-0.3, -0.25) is 0 Å². The molecule has 0 radical (unpaired) electrons. The number of hydrogen-bond donors (Lipinski definition) is 0. The van der Waals surface area contributed by atoms with Crippen molar-refractivity contribution in [1.82, 2.24) is 19.1 Å². The summed E-state index contributed by atoms with van der Waals surface area (Å²) in [5.74, 6) is 0. The molecule has 1 fully saturated rings. The van der Waals surface area contributed by atoms with Crippen LogP contribution in [0.25, 0.3) is 0 Å². The number of rotatable bonds is 5. The van der Waals surface area contributed by atoms with Gasteiger partial charge in [0.2, 0.25) is 10.0 Å². The molecular formula is C20H17Cl2F3N4O3S. The Morgan fingerprint density at radius 3 is 2.45 bits per heavy atom. The van der Waals surface area contributed by atoms with Crippen molar-refractivity contribution in [1.29, 1.82) is 0 Å². The lowest BCUT2D eigenvalue weighted by Crippen LogP contribution is -2.39. The normalized spacial score (nSPS) is 22.1. The van der Waals surface area contributed by atoms with Gasteiger partial charge < -0.3 is 4.74 Å². The van der Waals surface area contributed by atoms with E-state index in [1.54, 1.807) is 12.1 Å². The van der Waals surface area contributed by atoms with Crippen LogP contribution >= 0.6 is 23.2 Å². The van der Waals surface area contributed by atoms with Gasteiger partial charge in [0, 0.05) is 15.6 Å². The second kappa shape index (κ2) is 8.55. The Bertz CT molecular complexity index is 1250. The molecule has 7 nitrogen and oxygen atoms in total. The Kier molecular flexibility index (Phi) is 6.21. The summed E-state index contributed by atoms with van der Waals surface area (Å²) >= 11 is 12.5. The molecule has 1 aliphatic rings. The van der Waals surface area contributed by atoms with E-state index in [0.717, 1.165) is 28.6 Å². The molecule has 0 N–H and O–H groups in total. The third-order valence-electron chi connectivity index (χ3n) is 5.31. The van der Waals surface area contributed by atoms with Crippen LogP contribution in [0.1, 0.15) is 18.1 Å². The number of halogens is 5. The fourth-order valence-corrected chi connectivity index (χ4v) is 5.93. The van der Waals surface area contributed by atoms with Crippen molar-refractivity contribution < 1.29 is 26.3 Å². The van der Waals surface area contributed by atoms with Gasteiger partial charge in [-0.05, 0) is 43.3 Å². The standard InChI is InChI=1S/C20H17Cl2F3N4O3S/c1-13-29(33(30,31)16-5-2-14(3-6-16)20(23,24)25)10-19(32-13,9-28-12-26-11-27-28)17-7-4-15(21)8-18(17)22/h2-8,11-13H,9-10H2,1H3. The van der Waals surface area contributed by atoms with E-state index in [-0.39, 0.29) is 23.0 Å². The zero-order chi connectivity index (χ0) is 24.0. The Balaban J connectivity index is 1.74. The van der Waals surface area contributed by atoms with E-state index in [1.165, 1.54) is 30.3 Å². The minimum atomic E-state index is -4.58. The monoisotopic (exact) mass is 520 g/mol. The van der Waals surface area contributed by atoms with E-state index in [1.807, 2.05) is 0 Å². The number of nitrogens with zero attached hydrogens (tertiary/aromatic N) is 4. The summed E-state index contributed by atoms with van der Waals surface area (Å²) in [5, 5.41) is 4.74. The molecule has 2 unspecified atom stereocenters. The number of benzene rings is 2. The quantitative estimate of drug-likeness (QED) is 0.492. The average molecular weight is 521 g/mol. The summed E-state index contributed by atoms with van der Waals surface area (Å²) in [5.41, 5.74) is -1.71. The minimum absolute atomic E-state index is 0.0811. The average Bonchev–Trinajstić information content (AvgIpc) is 3.36. The molecule has 1 aromatic heterocycles. The lowest BCUT2D eigenvalue weighted by molar-refractivity contribution is -0.137. The predicted octanol–water partition coefficient (Wildman–Crippen LogP) is 4.57. The summed E-state index contributed by atoms with van der Waals surface area (Å²) in [6, 6.07) is 8.08. The highest BCUT2D eigenvalue weighted by Crippen LogP contribution is 2.43. The molecule has 0 spiro atoms. The van der Waals surface area contributed by atoms with E-state index < -0.39 is 33.6 Å².